The molecular weight excluding hydrogens is 1670 g/mol. The molecular formula is C88H164N14O14P4S2. The maximum Gasteiger partial charge on any atom is 0.407 e. The normalized spacial score (nSPS) is 15.7. The Kier molecular flexibility index (Phi) is 65.6. The van der Waals surface area contributed by atoms with Gasteiger partial charge >= 0.3 is 12.1 Å². The number of carbonyl (C=O) groups is 3. The van der Waals surface area contributed by atoms with Crippen LogP contribution in [-0.4, -0.2) is 235 Å². The van der Waals surface area contributed by atoms with Crippen LogP contribution in [0, 0.1) is 26.3 Å². The molecule has 0 saturated carbocycles. The number of benzene rings is 2. The van der Waals surface area contributed by atoms with E-state index in [9.17, 15) is 22.8 Å². The van der Waals surface area contributed by atoms with E-state index in [1.54, 1.807) is 12.1 Å². The van der Waals surface area contributed by atoms with Gasteiger partial charge in [0.15, 0.2) is 0 Å². The monoisotopic (exact) mass is 1830 g/mol. The van der Waals surface area contributed by atoms with Crippen LogP contribution >= 0.6 is 45.9 Å². The number of ether oxygens (including phenoxy) is 1. The van der Waals surface area contributed by atoms with Crippen molar-refractivity contribution in [2.24, 2.45) is 0 Å². The number of nitrogens with one attached hydrogen (secondary N) is 5. The summed E-state index contributed by atoms with van der Waals surface area (Å²) >= 11 is 1.92. The molecule has 2 saturated heterocycles. The molecule has 2 heterocycles. The van der Waals surface area contributed by atoms with Crippen LogP contribution in [0.3, 0.4) is 0 Å². The molecule has 7 atom stereocenters. The number of fused-ring (bicyclic) bond motifs is 2. The highest BCUT2D eigenvalue weighted by Gasteiger charge is 2.43. The molecule has 7 unspecified atom stereocenters. The van der Waals surface area contributed by atoms with Crippen LogP contribution < -0.4 is 30.9 Å². The molecule has 2 aromatic rings. The lowest BCUT2D eigenvalue weighted by Gasteiger charge is -2.35. The van der Waals surface area contributed by atoms with E-state index in [0.717, 1.165) is 138 Å². The molecule has 2 fully saturated rings. The number of carbonyl (C=O) groups excluding carboxylic acids is 3. The summed E-state index contributed by atoms with van der Waals surface area (Å²) in [5.41, 5.74) is 0.526. The molecule has 0 aliphatic carbocycles. The number of hydrogen-bond acceptors (Lipinski definition) is 20. The summed E-state index contributed by atoms with van der Waals surface area (Å²) in [5.74, 6) is 1.11. The van der Waals surface area contributed by atoms with Crippen molar-refractivity contribution in [1.82, 2.24) is 44.7 Å². The molecule has 122 heavy (non-hydrogen) atoms. The van der Waals surface area contributed by atoms with E-state index >= 15 is 0 Å². The number of sulfonamides is 1. The highest BCUT2D eigenvalue weighted by Crippen LogP contribution is 2.49. The lowest BCUT2D eigenvalue weighted by atomic mass is 10.0. The molecule has 0 aromatic heterocycles. The summed E-state index contributed by atoms with van der Waals surface area (Å²) in [6.45, 7) is 77.2. The van der Waals surface area contributed by atoms with Crippen molar-refractivity contribution in [3.63, 3.8) is 0 Å². The Morgan fingerprint density at radius 2 is 0.852 bits per heavy atom. The van der Waals surface area contributed by atoms with E-state index in [-0.39, 0.29) is 43.6 Å². The molecule has 2 aromatic carbocycles. The summed E-state index contributed by atoms with van der Waals surface area (Å²) in [6.07, 6.45) is 20.8. The number of amides is 4. The van der Waals surface area contributed by atoms with E-state index < -0.39 is 49.7 Å². The Bertz CT molecular complexity index is 3360. The molecule has 5 N–H and O–H groups in total. The minimum Gasteiger partial charge on any atom is -0.444 e. The lowest BCUT2D eigenvalue weighted by Crippen LogP contribution is -2.36. The Balaban J connectivity index is 0.00000164. The highest BCUT2D eigenvalue weighted by molar-refractivity contribution is 8.00. The number of hydrogen-bond donors (Lipinski definition) is 5. The third-order valence-corrected chi connectivity index (χ3v) is 30.3. The van der Waals surface area contributed by atoms with Gasteiger partial charge in [0.1, 0.15) is 32.0 Å². The molecule has 0 spiro atoms. The second-order valence-corrected chi connectivity index (χ2v) is 42.5. The van der Waals surface area contributed by atoms with Crippen molar-refractivity contribution in [3.05, 3.63) is 82.1 Å². The van der Waals surface area contributed by atoms with Gasteiger partial charge in [-0.2, -0.15) is 11.8 Å². The summed E-state index contributed by atoms with van der Waals surface area (Å²) in [5, 5.41) is 13.9. The van der Waals surface area contributed by atoms with Gasteiger partial charge in [0.05, 0.1) is 43.4 Å². The van der Waals surface area contributed by atoms with Crippen LogP contribution in [0.25, 0.3) is 30.2 Å². The van der Waals surface area contributed by atoms with E-state index in [1.165, 1.54) is 25.7 Å². The fourth-order valence-corrected chi connectivity index (χ4v) is 22.8. The van der Waals surface area contributed by atoms with Gasteiger partial charge in [0, 0.05) is 117 Å². The second kappa shape index (κ2) is 69.0. The molecule has 2 aliphatic rings. The maximum absolute atomic E-state index is 13.0. The SMILES string of the molecule is [C-]#[N+]CCOP(OCCCCCCC)N(C(C)C)C(C)C.[C-]#[N+]CCOP(OCCCCCCNC(=O)CCCCC1SCC2NC(=O)NC21)N(C(C)C)C(C)C.[C-]#[N+]CCOP(OCCCCCCNC(=O)OC(C)(C)C)N(C(C)C)C(C)C.[C-]#[N+]CCOP(OCCCCCCNS(=O)(=O)c1cccc2c(N(C)C)cccc12)N(C(C)C)C(C)C.[HH]. The summed E-state index contributed by atoms with van der Waals surface area (Å²) < 4.78 is 90.9. The molecule has 2 aliphatic heterocycles. The van der Waals surface area contributed by atoms with E-state index in [2.05, 4.69) is 182 Å². The predicted molar refractivity (Wildman–Crippen MR) is 511 cm³/mol. The van der Waals surface area contributed by atoms with Crippen molar-refractivity contribution in [1.29, 1.82) is 0 Å². The van der Waals surface area contributed by atoms with Crippen LogP contribution in [0.1, 0.15) is 275 Å². The first-order valence-corrected chi connectivity index (χ1v) is 51.9. The lowest BCUT2D eigenvalue weighted by molar-refractivity contribution is -0.121. The number of anilines is 1. The minimum absolute atomic E-state index is 0. The first kappa shape index (κ1) is 116. The fraction of sp³-hybridized carbons (Fsp3) is 0.807. The Hall–Kier alpha value is -4.03. The number of urea groups is 1. The molecule has 702 valence electrons. The summed E-state index contributed by atoms with van der Waals surface area (Å²) in [7, 11) is -4.27. The van der Waals surface area contributed by atoms with Crippen LogP contribution in [0.5, 0.6) is 0 Å². The Morgan fingerprint density at radius 1 is 0.492 bits per heavy atom. The fourth-order valence-electron chi connectivity index (χ4n) is 13.5. The van der Waals surface area contributed by atoms with Crippen molar-refractivity contribution in [2.45, 2.75) is 349 Å². The zero-order chi connectivity index (χ0) is 91.4. The third kappa shape index (κ3) is 51.2. The quantitative estimate of drug-likeness (QED) is 0.0178. The van der Waals surface area contributed by atoms with Crippen molar-refractivity contribution in [2.75, 3.05) is 123 Å². The third-order valence-electron chi connectivity index (χ3n) is 18.9. The number of thioether (sulfide) groups is 1. The summed E-state index contributed by atoms with van der Waals surface area (Å²) in [4.78, 5) is 50.9. The number of nitrogens with zero attached hydrogens (tertiary/aromatic N) is 9. The van der Waals surface area contributed by atoms with Crippen molar-refractivity contribution >= 4 is 90.4 Å². The molecule has 0 bridgehead atoms. The van der Waals surface area contributed by atoms with Crippen LogP contribution in [0.15, 0.2) is 41.3 Å². The minimum atomic E-state index is -3.61. The number of unbranched alkanes of at least 4 members (excludes halogenated alkanes) is 14. The second-order valence-electron chi connectivity index (χ2n) is 33.6. The first-order valence-electron chi connectivity index (χ1n) is 44.9. The predicted octanol–water partition coefficient (Wildman–Crippen LogP) is 21.6. The zero-order valence-electron chi connectivity index (χ0n) is 78.8. The van der Waals surface area contributed by atoms with Crippen molar-refractivity contribution < 1.29 is 65.2 Å². The van der Waals surface area contributed by atoms with Gasteiger partial charge < -0.3 is 86.5 Å². The molecule has 28 nitrogen and oxygen atoms in total. The van der Waals surface area contributed by atoms with Gasteiger partial charge in [0.2, 0.25) is 42.1 Å². The van der Waals surface area contributed by atoms with Gasteiger partial charge in [-0.15, -0.1) is 0 Å². The molecule has 0 radical (unpaired) electrons. The smallest absolute Gasteiger partial charge is 0.407 e. The van der Waals surface area contributed by atoms with Crippen LogP contribution in [-0.2, 0) is 55.7 Å². The van der Waals surface area contributed by atoms with Crippen molar-refractivity contribution in [3.8, 4) is 0 Å². The van der Waals surface area contributed by atoms with E-state index in [4.69, 9.17) is 67.2 Å². The molecule has 34 heteroatoms. The summed E-state index contributed by atoms with van der Waals surface area (Å²) in [6, 6.07) is 14.2. The maximum atomic E-state index is 13.0. The van der Waals surface area contributed by atoms with Gasteiger partial charge in [-0.1, -0.05) is 102 Å². The Morgan fingerprint density at radius 3 is 1.23 bits per heavy atom. The average molecular weight is 1830 g/mol. The van der Waals surface area contributed by atoms with Gasteiger partial charge in [-0.3, -0.25) is 4.79 Å². The zero-order valence-corrected chi connectivity index (χ0v) is 84.0. The standard InChI is InChI=1S/C27H43N4O4PS.C25H46N5O4PS.C20H40N3O4P.C16H33N2O2P.H2/c1-22(2)31(23(3)4)36(35-21-19-28-5)34-20-11-9-8-10-18-29-37(32,33)27-17-13-14-24-25(27)15-12-16-26(24)30(6)7;1-19(2)30(20(3)4)35(34-17-15-26-5)33-16-11-7-6-10-14-27-23(31)13-9-8-12-22-24-21(18-36-22)28-25(32)29-24;1-17(2)23(18(3)4)28(26-16-14-21-8)25-15-12-10-9-11-13-22-19(24)27-20(5,6)7;1-7-8-9-10-11-13-19-21(20-14-12-17-6)18(15(2)3)16(4)5;/h12-17,22-23,29H,8-11,18-21H2,1-4,6-7H3;19-22,24H,6-18H2,1-4H3,(H,27,31)(H2,28,29,32);17-18H,9-16H2,1-7H3,(H,22,24);15-16H,7-14H2,1-5H3;1H. The van der Waals surface area contributed by atoms with Crippen LogP contribution in [0.2, 0.25) is 0 Å². The topological polar surface area (TPSA) is 262 Å². The largest absolute Gasteiger partial charge is 0.444 e. The highest BCUT2D eigenvalue weighted by atomic mass is 32.2. The number of rotatable bonds is 63. The Labute approximate surface area is 750 Å². The molecule has 4 rings (SSSR count). The van der Waals surface area contributed by atoms with Gasteiger partial charge in [-0.25, -0.2) is 67.7 Å². The van der Waals surface area contributed by atoms with Crippen LogP contribution in [0.4, 0.5) is 15.3 Å². The number of alkyl carbamates (subject to hydrolysis) is 1. The van der Waals surface area contributed by atoms with E-state index in [0.29, 0.717) is 138 Å². The first-order chi connectivity index (χ1) is 58.0. The average Bonchev–Trinajstić information content (AvgIpc) is 1.50. The molecule has 4 amide bonds. The van der Waals surface area contributed by atoms with Gasteiger partial charge in [0.25, 0.3) is 34.1 Å². The van der Waals surface area contributed by atoms with E-state index in [1.807, 2.05) is 75.8 Å². The van der Waals surface area contributed by atoms with Gasteiger partial charge in [-0.05, 0) is 201 Å².